The first-order valence-corrected chi connectivity index (χ1v) is 10.1. The Morgan fingerprint density at radius 3 is 2.48 bits per heavy atom. The molecule has 3 heterocycles. The van der Waals surface area contributed by atoms with Gasteiger partial charge in [0.25, 0.3) is 0 Å². The fraction of sp³-hybridized carbons (Fsp3) is 0.632. The molecule has 1 aliphatic heterocycles. The van der Waals surface area contributed by atoms with E-state index in [0.717, 1.165) is 43.8 Å². The predicted molar refractivity (Wildman–Crippen MR) is 101 cm³/mol. The van der Waals surface area contributed by atoms with Crippen LogP contribution in [0.5, 0.6) is 0 Å². The highest BCUT2D eigenvalue weighted by Gasteiger charge is 2.24. The number of rotatable bonds is 4. The van der Waals surface area contributed by atoms with Gasteiger partial charge in [0.1, 0.15) is 0 Å². The van der Waals surface area contributed by atoms with Crippen LogP contribution in [0.15, 0.2) is 18.5 Å². The van der Waals surface area contributed by atoms with Crippen LogP contribution in [0.1, 0.15) is 50.6 Å². The number of hydrogen-bond acceptors (Lipinski definition) is 3. The summed E-state index contributed by atoms with van der Waals surface area (Å²) in [5.41, 5.74) is 1.81. The number of ether oxygens (including phenoxy) is 1. The summed E-state index contributed by atoms with van der Waals surface area (Å²) in [6.45, 7) is 2.99. The molecule has 0 amide bonds. The molecule has 1 saturated heterocycles. The Balaban J connectivity index is 1.31. The highest BCUT2D eigenvalue weighted by Crippen LogP contribution is 2.26. The molecule has 1 aliphatic carbocycles. The van der Waals surface area contributed by atoms with Gasteiger partial charge in [0, 0.05) is 32.0 Å². The van der Waals surface area contributed by atoms with Crippen LogP contribution in [-0.2, 0) is 11.3 Å². The summed E-state index contributed by atoms with van der Waals surface area (Å²) >= 11 is 12.3. The summed E-state index contributed by atoms with van der Waals surface area (Å²) in [6.07, 6.45) is 13.6. The minimum atomic E-state index is 0.439. The first-order valence-electron chi connectivity index (χ1n) is 9.38. The van der Waals surface area contributed by atoms with Crippen LogP contribution in [0.4, 0.5) is 0 Å². The second kappa shape index (κ2) is 7.83. The first-order chi connectivity index (χ1) is 12.2. The number of aromatic nitrogens is 2. The van der Waals surface area contributed by atoms with E-state index in [0.29, 0.717) is 22.3 Å². The van der Waals surface area contributed by atoms with Gasteiger partial charge in [-0.1, -0.05) is 42.5 Å². The molecule has 4 nitrogen and oxygen atoms in total. The minimum Gasteiger partial charge on any atom is -0.375 e. The average Bonchev–Trinajstić information content (AvgIpc) is 3.00. The van der Waals surface area contributed by atoms with Crippen molar-refractivity contribution in [3.8, 4) is 0 Å². The summed E-state index contributed by atoms with van der Waals surface area (Å²) in [5, 5.41) is 1.22. The Labute approximate surface area is 159 Å². The molecule has 136 valence electrons. The van der Waals surface area contributed by atoms with E-state index in [9.17, 15) is 0 Å². The number of likely N-dealkylation sites (tertiary alicyclic amines) is 1. The Hall–Kier alpha value is -0.810. The van der Waals surface area contributed by atoms with E-state index in [-0.39, 0.29) is 0 Å². The van der Waals surface area contributed by atoms with E-state index in [1.54, 1.807) is 6.07 Å². The van der Waals surface area contributed by atoms with Crippen molar-refractivity contribution in [3.63, 3.8) is 0 Å². The van der Waals surface area contributed by atoms with Gasteiger partial charge in [0.05, 0.1) is 27.9 Å². The summed E-state index contributed by atoms with van der Waals surface area (Å²) in [5.74, 6) is 0. The zero-order valence-electron chi connectivity index (χ0n) is 14.5. The number of hydrogen-bond donors (Lipinski definition) is 0. The monoisotopic (exact) mass is 381 g/mol. The molecular formula is C19H25Cl2N3O. The largest absolute Gasteiger partial charge is 0.375 e. The molecule has 25 heavy (non-hydrogen) atoms. The van der Waals surface area contributed by atoms with E-state index in [1.807, 2.05) is 16.8 Å². The fourth-order valence-electron chi connectivity index (χ4n) is 4.06. The number of nitrogens with zero attached hydrogens (tertiary/aromatic N) is 3. The van der Waals surface area contributed by atoms with Gasteiger partial charge in [-0.25, -0.2) is 4.98 Å². The molecule has 0 N–H and O–H groups in total. The minimum absolute atomic E-state index is 0.439. The molecule has 2 aromatic rings. The van der Waals surface area contributed by atoms with Crippen molar-refractivity contribution >= 4 is 28.8 Å². The third-order valence-corrected chi connectivity index (χ3v) is 5.86. The number of fused-ring (bicyclic) bond motifs is 1. The second-order valence-corrected chi connectivity index (χ2v) is 8.18. The molecule has 2 aliphatic rings. The summed E-state index contributed by atoms with van der Waals surface area (Å²) in [7, 11) is 0. The van der Waals surface area contributed by atoms with Crippen LogP contribution < -0.4 is 0 Å². The zero-order chi connectivity index (χ0) is 17.2. The van der Waals surface area contributed by atoms with Crippen LogP contribution >= 0.6 is 23.2 Å². The SMILES string of the molecule is Clc1cc(Cl)c2nc(CN3CCC(OC4CCCCC4)CC3)cn2c1. The molecule has 0 atom stereocenters. The summed E-state index contributed by atoms with van der Waals surface area (Å²) < 4.78 is 8.24. The van der Waals surface area contributed by atoms with Crippen molar-refractivity contribution < 1.29 is 4.74 Å². The van der Waals surface area contributed by atoms with Gasteiger partial charge in [-0.05, 0) is 31.7 Å². The van der Waals surface area contributed by atoms with Crippen LogP contribution in [0.3, 0.4) is 0 Å². The van der Waals surface area contributed by atoms with Crippen molar-refractivity contribution in [2.24, 2.45) is 0 Å². The van der Waals surface area contributed by atoms with Crippen LogP contribution in [0.2, 0.25) is 10.0 Å². The number of piperidine rings is 1. The van der Waals surface area contributed by atoms with E-state index < -0.39 is 0 Å². The van der Waals surface area contributed by atoms with Gasteiger partial charge in [-0.2, -0.15) is 0 Å². The summed E-state index contributed by atoms with van der Waals surface area (Å²) in [4.78, 5) is 7.12. The normalized spacial score (nSPS) is 21.2. The van der Waals surface area contributed by atoms with Gasteiger partial charge in [-0.15, -0.1) is 0 Å². The van der Waals surface area contributed by atoms with Crippen molar-refractivity contribution in [2.45, 2.75) is 63.7 Å². The maximum Gasteiger partial charge on any atom is 0.156 e. The van der Waals surface area contributed by atoms with Crippen molar-refractivity contribution in [1.82, 2.24) is 14.3 Å². The molecule has 4 rings (SSSR count). The van der Waals surface area contributed by atoms with Crippen LogP contribution in [-0.4, -0.2) is 39.6 Å². The molecule has 0 radical (unpaired) electrons. The maximum absolute atomic E-state index is 6.33. The molecule has 6 heteroatoms. The molecule has 0 bridgehead atoms. The van der Waals surface area contributed by atoms with Gasteiger partial charge in [0.15, 0.2) is 5.65 Å². The lowest BCUT2D eigenvalue weighted by Crippen LogP contribution is -2.38. The quantitative estimate of drug-likeness (QED) is 0.749. The highest BCUT2D eigenvalue weighted by molar-refractivity contribution is 6.36. The van der Waals surface area contributed by atoms with Crippen molar-refractivity contribution in [3.05, 3.63) is 34.2 Å². The smallest absolute Gasteiger partial charge is 0.156 e. The molecule has 2 aromatic heterocycles. The Morgan fingerprint density at radius 1 is 1.00 bits per heavy atom. The Bertz CT molecular complexity index is 719. The van der Waals surface area contributed by atoms with Gasteiger partial charge < -0.3 is 9.14 Å². The lowest BCUT2D eigenvalue weighted by molar-refractivity contribution is -0.0566. The Morgan fingerprint density at radius 2 is 1.72 bits per heavy atom. The first kappa shape index (κ1) is 17.6. The second-order valence-electron chi connectivity index (χ2n) is 7.34. The molecule has 0 spiro atoms. The number of pyridine rings is 1. The zero-order valence-corrected chi connectivity index (χ0v) is 16.0. The summed E-state index contributed by atoms with van der Waals surface area (Å²) in [6, 6.07) is 1.74. The van der Waals surface area contributed by atoms with Crippen molar-refractivity contribution in [2.75, 3.05) is 13.1 Å². The van der Waals surface area contributed by atoms with Gasteiger partial charge in [0.2, 0.25) is 0 Å². The van der Waals surface area contributed by atoms with Gasteiger partial charge in [-0.3, -0.25) is 4.90 Å². The van der Waals surface area contributed by atoms with Crippen molar-refractivity contribution in [1.29, 1.82) is 0 Å². The topological polar surface area (TPSA) is 29.8 Å². The van der Waals surface area contributed by atoms with E-state index in [2.05, 4.69) is 9.88 Å². The highest BCUT2D eigenvalue weighted by atomic mass is 35.5. The predicted octanol–water partition coefficient (Wildman–Crippen LogP) is 4.95. The fourth-order valence-corrected chi connectivity index (χ4v) is 4.58. The lowest BCUT2D eigenvalue weighted by Gasteiger charge is -2.34. The van der Waals surface area contributed by atoms with E-state index >= 15 is 0 Å². The van der Waals surface area contributed by atoms with Gasteiger partial charge >= 0.3 is 0 Å². The Kier molecular flexibility index (Phi) is 5.51. The standard InChI is InChI=1S/C19H25Cl2N3O/c20-14-10-18(21)19-22-15(13-24(19)11-14)12-23-8-6-17(7-9-23)25-16-4-2-1-3-5-16/h10-11,13,16-17H,1-9,12H2. The number of halogens is 2. The van der Waals surface area contributed by atoms with Crippen LogP contribution in [0.25, 0.3) is 5.65 Å². The van der Waals surface area contributed by atoms with E-state index in [1.165, 1.54) is 32.1 Å². The van der Waals surface area contributed by atoms with Crippen LogP contribution in [0, 0.1) is 0 Å². The molecule has 0 unspecified atom stereocenters. The molecular weight excluding hydrogens is 357 g/mol. The molecule has 1 saturated carbocycles. The van der Waals surface area contributed by atoms with E-state index in [4.69, 9.17) is 27.9 Å². The third-order valence-electron chi connectivity index (χ3n) is 5.38. The third kappa shape index (κ3) is 4.30. The molecule has 2 fully saturated rings. The number of imidazole rings is 1. The maximum atomic E-state index is 6.33. The average molecular weight is 382 g/mol. The molecule has 0 aromatic carbocycles. The lowest BCUT2D eigenvalue weighted by atomic mass is 9.97.